The fraction of sp³-hybridized carbons (Fsp3) is 0.833. The van der Waals surface area contributed by atoms with E-state index in [-0.39, 0.29) is 12.8 Å². The van der Waals surface area contributed by atoms with Crippen LogP contribution in [-0.4, -0.2) is 12.7 Å². The van der Waals surface area contributed by atoms with Gasteiger partial charge in [-0.2, -0.15) is 0 Å². The maximum Gasteiger partial charge on any atom is 0.248 e. The highest BCUT2D eigenvalue weighted by Crippen LogP contribution is 2.33. The first-order valence-corrected chi connectivity index (χ1v) is 2.87. The molecule has 0 unspecified atom stereocenters. The molecule has 1 saturated carbocycles. The van der Waals surface area contributed by atoms with Crippen molar-refractivity contribution in [2.75, 3.05) is 0 Å². The Kier molecular flexibility index (Phi) is 3.35. The minimum absolute atomic E-state index is 0.118. The molecule has 0 heterocycles. The first-order valence-electron chi connectivity index (χ1n) is 2.87. The van der Waals surface area contributed by atoms with E-state index in [1.165, 1.54) is 0 Å². The van der Waals surface area contributed by atoms with E-state index in [4.69, 9.17) is 4.79 Å². The van der Waals surface area contributed by atoms with Gasteiger partial charge in [0.05, 0.1) is 0 Å². The van der Waals surface area contributed by atoms with Crippen LogP contribution >= 0.6 is 0 Å². The number of halogens is 2. The van der Waals surface area contributed by atoms with Crippen LogP contribution in [0.5, 0.6) is 0 Å². The molecule has 0 saturated heterocycles. The van der Waals surface area contributed by atoms with Crippen molar-refractivity contribution in [3.05, 3.63) is 0 Å². The standard InChI is InChI=1S/C5H8F2.CH2O/c6-5(7)3-1-2-4-5;1-2/h1-4H2;1H2. The lowest BCUT2D eigenvalue weighted by Gasteiger charge is -2.03. The Balaban J connectivity index is 0.000000291. The molecule has 3 heteroatoms. The average Bonchev–Trinajstić information content (AvgIpc) is 2.19. The molecule has 1 fully saturated rings. The Morgan fingerprint density at radius 1 is 1.11 bits per heavy atom. The molecule has 0 radical (unpaired) electrons. The summed E-state index contributed by atoms with van der Waals surface area (Å²) in [4.78, 5) is 8.00. The summed E-state index contributed by atoms with van der Waals surface area (Å²) in [6, 6.07) is 0. The minimum atomic E-state index is -2.31. The van der Waals surface area contributed by atoms with Gasteiger partial charge in [0.1, 0.15) is 6.79 Å². The van der Waals surface area contributed by atoms with Crippen LogP contribution < -0.4 is 0 Å². The molecule has 0 spiro atoms. The van der Waals surface area contributed by atoms with Crippen LogP contribution in [0.3, 0.4) is 0 Å². The first kappa shape index (κ1) is 8.53. The number of hydrogen-bond donors (Lipinski definition) is 0. The van der Waals surface area contributed by atoms with Crippen LogP contribution in [0, 0.1) is 0 Å². The molecule has 0 aromatic rings. The largest absolute Gasteiger partial charge is 0.307 e. The third-order valence-corrected chi connectivity index (χ3v) is 1.34. The molecule has 0 aromatic carbocycles. The lowest BCUT2D eigenvalue weighted by atomic mass is 10.3. The van der Waals surface area contributed by atoms with Crippen LogP contribution in [-0.2, 0) is 4.79 Å². The molecular formula is C6H10F2O. The van der Waals surface area contributed by atoms with Gasteiger partial charge in [-0.25, -0.2) is 8.78 Å². The predicted molar refractivity (Wildman–Crippen MR) is 30.5 cm³/mol. The zero-order valence-electron chi connectivity index (χ0n) is 5.20. The molecule has 1 aliphatic carbocycles. The first-order chi connectivity index (χ1) is 4.21. The third-order valence-electron chi connectivity index (χ3n) is 1.34. The van der Waals surface area contributed by atoms with E-state index in [9.17, 15) is 8.78 Å². The van der Waals surface area contributed by atoms with Crippen molar-refractivity contribution in [3.63, 3.8) is 0 Å². The van der Waals surface area contributed by atoms with Gasteiger partial charge in [-0.1, -0.05) is 0 Å². The molecule has 1 nitrogen and oxygen atoms in total. The van der Waals surface area contributed by atoms with E-state index >= 15 is 0 Å². The summed E-state index contributed by atoms with van der Waals surface area (Å²) in [5.74, 6) is -2.31. The zero-order valence-corrected chi connectivity index (χ0v) is 5.20. The van der Waals surface area contributed by atoms with Crippen molar-refractivity contribution in [1.82, 2.24) is 0 Å². The molecule has 1 rings (SSSR count). The number of carbonyl (C=O) groups is 1. The van der Waals surface area contributed by atoms with Crippen molar-refractivity contribution in [3.8, 4) is 0 Å². The van der Waals surface area contributed by atoms with Gasteiger partial charge in [-0.3, -0.25) is 0 Å². The van der Waals surface area contributed by atoms with Crippen LogP contribution in [0.1, 0.15) is 25.7 Å². The average molecular weight is 136 g/mol. The van der Waals surface area contributed by atoms with Crippen molar-refractivity contribution in [2.45, 2.75) is 31.6 Å². The number of alkyl halides is 2. The highest BCUT2D eigenvalue weighted by Gasteiger charge is 2.32. The summed E-state index contributed by atoms with van der Waals surface area (Å²) in [7, 11) is 0. The summed E-state index contributed by atoms with van der Waals surface area (Å²) in [6.45, 7) is 2.00. The van der Waals surface area contributed by atoms with Gasteiger partial charge in [0.2, 0.25) is 5.92 Å². The topological polar surface area (TPSA) is 17.1 Å². The van der Waals surface area contributed by atoms with E-state index in [2.05, 4.69) is 0 Å². The molecular weight excluding hydrogens is 126 g/mol. The Morgan fingerprint density at radius 3 is 1.56 bits per heavy atom. The molecule has 9 heavy (non-hydrogen) atoms. The molecule has 0 N–H and O–H groups in total. The van der Waals surface area contributed by atoms with Gasteiger partial charge < -0.3 is 4.79 Å². The lowest BCUT2D eigenvalue weighted by molar-refractivity contribution is -0.0979. The molecule has 0 bridgehead atoms. The number of carbonyl (C=O) groups excluding carboxylic acids is 1. The highest BCUT2D eigenvalue weighted by atomic mass is 19.3. The van der Waals surface area contributed by atoms with Gasteiger partial charge in [-0.15, -0.1) is 0 Å². The summed E-state index contributed by atoms with van der Waals surface area (Å²) >= 11 is 0. The monoisotopic (exact) mass is 136 g/mol. The van der Waals surface area contributed by atoms with E-state index in [0.717, 1.165) is 0 Å². The van der Waals surface area contributed by atoms with E-state index in [0.29, 0.717) is 12.8 Å². The highest BCUT2D eigenvalue weighted by molar-refractivity contribution is 5.10. The Hall–Kier alpha value is -0.470. The molecule has 0 aromatic heterocycles. The quantitative estimate of drug-likeness (QED) is 0.497. The second-order valence-electron chi connectivity index (χ2n) is 2.06. The van der Waals surface area contributed by atoms with Gasteiger partial charge in [0.15, 0.2) is 0 Å². The second kappa shape index (κ2) is 3.54. The minimum Gasteiger partial charge on any atom is -0.307 e. The van der Waals surface area contributed by atoms with E-state index in [1.807, 2.05) is 6.79 Å². The fourth-order valence-corrected chi connectivity index (χ4v) is 0.892. The normalized spacial score (nSPS) is 22.4. The second-order valence-corrected chi connectivity index (χ2v) is 2.06. The van der Waals surface area contributed by atoms with Crippen LogP contribution in [0.15, 0.2) is 0 Å². The van der Waals surface area contributed by atoms with Crippen LogP contribution in [0.4, 0.5) is 8.78 Å². The molecule has 0 amide bonds. The SMILES string of the molecule is C=O.FC1(F)CCCC1. The Morgan fingerprint density at radius 2 is 1.44 bits per heavy atom. The molecule has 54 valence electrons. The zero-order chi connectivity index (χ0) is 7.33. The van der Waals surface area contributed by atoms with Crippen molar-refractivity contribution in [1.29, 1.82) is 0 Å². The van der Waals surface area contributed by atoms with Gasteiger partial charge >= 0.3 is 0 Å². The van der Waals surface area contributed by atoms with Gasteiger partial charge in [0.25, 0.3) is 0 Å². The van der Waals surface area contributed by atoms with Crippen molar-refractivity contribution in [2.24, 2.45) is 0 Å². The van der Waals surface area contributed by atoms with Gasteiger partial charge in [-0.05, 0) is 12.8 Å². The summed E-state index contributed by atoms with van der Waals surface area (Å²) in [6.07, 6.45) is 1.67. The van der Waals surface area contributed by atoms with Gasteiger partial charge in [0, 0.05) is 12.8 Å². The number of hydrogen-bond acceptors (Lipinski definition) is 1. The van der Waals surface area contributed by atoms with Crippen molar-refractivity contribution >= 4 is 6.79 Å². The summed E-state index contributed by atoms with van der Waals surface area (Å²) in [5, 5.41) is 0. The van der Waals surface area contributed by atoms with Crippen LogP contribution in [0.2, 0.25) is 0 Å². The van der Waals surface area contributed by atoms with E-state index < -0.39 is 5.92 Å². The summed E-state index contributed by atoms with van der Waals surface area (Å²) in [5.41, 5.74) is 0. The van der Waals surface area contributed by atoms with E-state index in [1.54, 1.807) is 0 Å². The number of rotatable bonds is 0. The van der Waals surface area contributed by atoms with Crippen LogP contribution in [0.25, 0.3) is 0 Å². The molecule has 1 aliphatic rings. The summed E-state index contributed by atoms with van der Waals surface area (Å²) < 4.78 is 23.9. The maximum absolute atomic E-state index is 11.9. The lowest BCUT2D eigenvalue weighted by Crippen LogP contribution is -2.06. The maximum atomic E-state index is 11.9. The molecule has 0 aliphatic heterocycles. The fourth-order valence-electron chi connectivity index (χ4n) is 0.892. The van der Waals surface area contributed by atoms with Crippen molar-refractivity contribution < 1.29 is 13.6 Å². The third kappa shape index (κ3) is 3.16. The smallest absolute Gasteiger partial charge is 0.248 e. The Bertz CT molecular complexity index is 75.1. The Labute approximate surface area is 53.1 Å². The predicted octanol–water partition coefficient (Wildman–Crippen LogP) is 2.01. The molecule has 0 atom stereocenters.